The van der Waals surface area contributed by atoms with Crippen LogP contribution in [-0.2, 0) is 0 Å². The van der Waals surface area contributed by atoms with Crippen LogP contribution in [0.15, 0.2) is 30.6 Å². The van der Waals surface area contributed by atoms with Crippen molar-refractivity contribution in [1.29, 1.82) is 0 Å². The van der Waals surface area contributed by atoms with Gasteiger partial charge in [0.2, 0.25) is 0 Å². The summed E-state index contributed by atoms with van der Waals surface area (Å²) in [4.78, 5) is 16.3. The Bertz CT molecular complexity index is 662. The molecule has 0 saturated carbocycles. The summed E-state index contributed by atoms with van der Waals surface area (Å²) in [5.41, 5.74) is 0.394. The number of carbonyl (C=O) groups excluding carboxylic acids is 1. The molecule has 2 aromatic rings. The minimum absolute atomic E-state index is 0. The summed E-state index contributed by atoms with van der Waals surface area (Å²) in [6.45, 7) is 3.43. The van der Waals surface area contributed by atoms with Gasteiger partial charge in [0.1, 0.15) is 5.82 Å². The third kappa shape index (κ3) is 7.32. The van der Waals surface area contributed by atoms with E-state index in [2.05, 4.69) is 31.2 Å². The Labute approximate surface area is 171 Å². The molecule has 0 spiro atoms. The van der Waals surface area contributed by atoms with Crippen LogP contribution >= 0.6 is 24.8 Å². The van der Waals surface area contributed by atoms with E-state index in [1.54, 1.807) is 12.4 Å². The molecule has 0 aliphatic carbocycles. The third-order valence-electron chi connectivity index (χ3n) is 4.29. The van der Waals surface area contributed by atoms with Gasteiger partial charge in [-0.05, 0) is 50.9 Å². The summed E-state index contributed by atoms with van der Waals surface area (Å²) in [6.07, 6.45) is 7.42. The van der Waals surface area contributed by atoms with Crippen LogP contribution in [0, 0.1) is 0 Å². The van der Waals surface area contributed by atoms with E-state index in [4.69, 9.17) is 0 Å². The number of rotatable bonds is 8. The summed E-state index contributed by atoms with van der Waals surface area (Å²) < 4.78 is 1.83. The van der Waals surface area contributed by atoms with Gasteiger partial charge in [-0.1, -0.05) is 11.3 Å². The number of amides is 1. The zero-order valence-corrected chi connectivity index (χ0v) is 16.8. The molecular weight excluding hydrogens is 389 g/mol. The highest BCUT2D eigenvalue weighted by Gasteiger charge is 2.18. The first kappa shape index (κ1) is 23.1. The first-order valence-electron chi connectivity index (χ1n) is 8.88. The predicted octanol–water partition coefficient (Wildman–Crippen LogP) is 2.06. The van der Waals surface area contributed by atoms with Crippen molar-refractivity contribution in [2.45, 2.75) is 31.7 Å². The fourth-order valence-electron chi connectivity index (χ4n) is 2.86. The number of unbranched alkanes of at least 4 members (excludes halogenated alkanes) is 1. The Morgan fingerprint density at radius 2 is 1.96 bits per heavy atom. The normalized spacial score (nSPS) is 13.9. The van der Waals surface area contributed by atoms with Gasteiger partial charge in [-0.3, -0.25) is 4.79 Å². The molecule has 0 radical (unpaired) electrons. The van der Waals surface area contributed by atoms with Gasteiger partial charge >= 0.3 is 0 Å². The monoisotopic (exact) mass is 415 g/mol. The quantitative estimate of drug-likeness (QED) is 0.570. The number of nitrogens with one attached hydrogen (secondary N) is 3. The maximum absolute atomic E-state index is 12.1. The van der Waals surface area contributed by atoms with Gasteiger partial charge < -0.3 is 16.0 Å². The molecule has 0 atom stereocenters. The highest BCUT2D eigenvalue weighted by atomic mass is 35.5. The Kier molecular flexibility index (Phi) is 10.7. The van der Waals surface area contributed by atoms with Crippen LogP contribution in [-0.4, -0.2) is 52.1 Å². The van der Waals surface area contributed by atoms with Crippen LogP contribution in [0.25, 0.3) is 0 Å². The van der Waals surface area contributed by atoms with Crippen LogP contribution in [0.2, 0.25) is 0 Å². The highest BCUT2D eigenvalue weighted by molar-refractivity contribution is 5.91. The molecule has 1 amide bonds. The average Bonchev–Trinajstić information content (AvgIpc) is 3.16. The molecule has 1 aliphatic heterocycles. The molecule has 1 saturated heterocycles. The molecule has 150 valence electrons. The number of piperidine rings is 1. The van der Waals surface area contributed by atoms with Crippen molar-refractivity contribution < 1.29 is 4.79 Å². The Morgan fingerprint density at radius 1 is 1.19 bits per heavy atom. The lowest BCUT2D eigenvalue weighted by atomic mass is 10.1. The molecule has 0 aromatic carbocycles. The summed E-state index contributed by atoms with van der Waals surface area (Å²) in [7, 11) is 0. The molecule has 3 N–H and O–H groups in total. The van der Waals surface area contributed by atoms with Gasteiger partial charge in [-0.25, -0.2) is 9.67 Å². The zero-order valence-electron chi connectivity index (χ0n) is 15.1. The third-order valence-corrected chi connectivity index (χ3v) is 4.29. The van der Waals surface area contributed by atoms with E-state index in [1.165, 1.54) is 0 Å². The number of hydrogen-bond acceptors (Lipinski definition) is 6. The molecule has 3 rings (SSSR count). The molecule has 27 heavy (non-hydrogen) atoms. The highest BCUT2D eigenvalue weighted by Crippen LogP contribution is 2.16. The van der Waals surface area contributed by atoms with E-state index in [0.717, 1.165) is 51.1 Å². The molecule has 0 bridgehead atoms. The maximum atomic E-state index is 12.1. The van der Waals surface area contributed by atoms with Crippen molar-refractivity contribution >= 4 is 36.5 Å². The van der Waals surface area contributed by atoms with Gasteiger partial charge in [-0.15, -0.1) is 29.9 Å². The topological polar surface area (TPSA) is 96.8 Å². The fourth-order valence-corrected chi connectivity index (χ4v) is 2.86. The predicted molar refractivity (Wildman–Crippen MR) is 110 cm³/mol. The lowest BCUT2D eigenvalue weighted by Crippen LogP contribution is -2.29. The lowest BCUT2D eigenvalue weighted by Gasteiger charge is -2.22. The van der Waals surface area contributed by atoms with Crippen molar-refractivity contribution in [2.75, 3.05) is 31.5 Å². The van der Waals surface area contributed by atoms with E-state index in [-0.39, 0.29) is 30.7 Å². The van der Waals surface area contributed by atoms with Crippen molar-refractivity contribution in [3.05, 3.63) is 36.3 Å². The van der Waals surface area contributed by atoms with E-state index in [0.29, 0.717) is 18.3 Å². The first-order chi connectivity index (χ1) is 12.3. The number of nitrogens with zero attached hydrogens (tertiary/aromatic N) is 4. The second kappa shape index (κ2) is 12.5. The minimum Gasteiger partial charge on any atom is -0.370 e. The van der Waals surface area contributed by atoms with Gasteiger partial charge in [0.05, 0.1) is 12.2 Å². The smallest absolute Gasteiger partial charge is 0.273 e. The number of carbonyl (C=O) groups is 1. The number of aromatic nitrogens is 4. The number of pyridine rings is 1. The number of anilines is 1. The second-order valence-electron chi connectivity index (χ2n) is 6.17. The van der Waals surface area contributed by atoms with Gasteiger partial charge in [-0.2, -0.15) is 0 Å². The average molecular weight is 416 g/mol. The van der Waals surface area contributed by atoms with E-state index in [1.807, 2.05) is 22.9 Å². The number of hydrogen-bond donors (Lipinski definition) is 3. The summed E-state index contributed by atoms with van der Waals surface area (Å²) >= 11 is 0. The van der Waals surface area contributed by atoms with Crippen molar-refractivity contribution in [1.82, 2.24) is 30.6 Å². The lowest BCUT2D eigenvalue weighted by molar-refractivity contribution is 0.0948. The van der Waals surface area contributed by atoms with Crippen LogP contribution in [0.3, 0.4) is 0 Å². The summed E-state index contributed by atoms with van der Waals surface area (Å²) in [6, 6.07) is 6.12. The molecular formula is C17H27Cl2N7O. The molecule has 8 nitrogen and oxygen atoms in total. The first-order valence-corrected chi connectivity index (χ1v) is 8.88. The SMILES string of the molecule is Cl.Cl.O=C(NCCCCNc1ccccn1)c1cn(C2CCNCC2)nn1. The largest absolute Gasteiger partial charge is 0.370 e. The fraction of sp³-hybridized carbons (Fsp3) is 0.529. The molecule has 10 heteroatoms. The van der Waals surface area contributed by atoms with E-state index < -0.39 is 0 Å². The zero-order chi connectivity index (χ0) is 17.3. The molecule has 3 heterocycles. The Balaban J connectivity index is 0.00000182. The van der Waals surface area contributed by atoms with Crippen LogP contribution < -0.4 is 16.0 Å². The van der Waals surface area contributed by atoms with Crippen molar-refractivity contribution in [2.24, 2.45) is 0 Å². The second-order valence-corrected chi connectivity index (χ2v) is 6.17. The number of halogens is 2. The summed E-state index contributed by atoms with van der Waals surface area (Å²) in [5.74, 6) is 0.721. The Hall–Kier alpha value is -1.90. The van der Waals surface area contributed by atoms with Gasteiger partial charge in [0.15, 0.2) is 5.69 Å². The van der Waals surface area contributed by atoms with Crippen LogP contribution in [0.4, 0.5) is 5.82 Å². The van der Waals surface area contributed by atoms with E-state index >= 15 is 0 Å². The van der Waals surface area contributed by atoms with Crippen LogP contribution in [0.1, 0.15) is 42.2 Å². The molecule has 1 aliphatic rings. The summed E-state index contributed by atoms with van der Waals surface area (Å²) in [5, 5.41) is 17.6. The van der Waals surface area contributed by atoms with Gasteiger partial charge in [0, 0.05) is 19.3 Å². The maximum Gasteiger partial charge on any atom is 0.273 e. The van der Waals surface area contributed by atoms with Gasteiger partial charge in [0.25, 0.3) is 5.91 Å². The molecule has 2 aromatic heterocycles. The minimum atomic E-state index is -0.155. The van der Waals surface area contributed by atoms with E-state index in [9.17, 15) is 4.79 Å². The van der Waals surface area contributed by atoms with Crippen molar-refractivity contribution in [3.63, 3.8) is 0 Å². The van der Waals surface area contributed by atoms with Crippen LogP contribution in [0.5, 0.6) is 0 Å². The molecule has 1 fully saturated rings. The van der Waals surface area contributed by atoms with Crippen molar-refractivity contribution in [3.8, 4) is 0 Å². The molecule has 0 unspecified atom stereocenters. The standard InChI is InChI=1S/C17H25N7O.2ClH/c25-17(15-13-24(23-22-15)14-6-11-18-12-7-14)21-10-4-3-9-20-16-5-1-2-8-19-16;;/h1-2,5,8,13-14,18H,3-4,6-7,9-12H2,(H,19,20)(H,21,25);2*1H. The Morgan fingerprint density at radius 3 is 2.70 bits per heavy atom.